The number of carboxylic acid groups (broad SMARTS) is 1. The second kappa shape index (κ2) is 4.99. The maximum Gasteiger partial charge on any atom is 0.322 e. The monoisotopic (exact) mass is 280 g/mol. The number of hydrogen-bond donors (Lipinski definition) is 1. The summed E-state index contributed by atoms with van der Waals surface area (Å²) in [6.45, 7) is 0.208. The molecule has 1 atom stereocenters. The average Bonchev–Trinajstić information content (AvgIpc) is 2.89. The van der Waals surface area contributed by atoms with Crippen LogP contribution in [0.25, 0.3) is 0 Å². The first-order valence-corrected chi connectivity index (χ1v) is 7.15. The van der Waals surface area contributed by atoms with E-state index in [0.29, 0.717) is 18.4 Å². The minimum Gasteiger partial charge on any atom is -0.480 e. The Balaban J connectivity index is 2.36. The Morgan fingerprint density at radius 3 is 2.53 bits per heavy atom. The molecule has 0 saturated carbocycles. The van der Waals surface area contributed by atoms with Gasteiger partial charge in [-0.05, 0) is 37.1 Å². The van der Waals surface area contributed by atoms with Crippen molar-refractivity contribution in [2.45, 2.75) is 23.8 Å². The van der Waals surface area contributed by atoms with E-state index >= 15 is 0 Å². The molecule has 0 aromatic heterocycles. The number of nitrogens with zero attached hydrogens (tertiary/aromatic N) is 2. The van der Waals surface area contributed by atoms with Crippen LogP contribution in [-0.2, 0) is 14.8 Å². The van der Waals surface area contributed by atoms with Crippen LogP contribution < -0.4 is 0 Å². The van der Waals surface area contributed by atoms with Crippen LogP contribution >= 0.6 is 0 Å². The van der Waals surface area contributed by atoms with E-state index in [9.17, 15) is 13.2 Å². The van der Waals surface area contributed by atoms with E-state index in [1.165, 1.54) is 24.3 Å². The van der Waals surface area contributed by atoms with Crippen molar-refractivity contribution in [1.82, 2.24) is 4.31 Å². The number of sulfonamides is 1. The molecule has 19 heavy (non-hydrogen) atoms. The van der Waals surface area contributed by atoms with Crippen molar-refractivity contribution in [2.24, 2.45) is 0 Å². The Morgan fingerprint density at radius 1 is 1.37 bits per heavy atom. The van der Waals surface area contributed by atoms with Gasteiger partial charge in [0.2, 0.25) is 10.0 Å². The topological polar surface area (TPSA) is 98.5 Å². The van der Waals surface area contributed by atoms with E-state index in [1.807, 2.05) is 6.07 Å². The Morgan fingerprint density at radius 2 is 2.00 bits per heavy atom. The number of nitriles is 1. The quantitative estimate of drug-likeness (QED) is 0.882. The van der Waals surface area contributed by atoms with Crippen LogP contribution in [0.1, 0.15) is 18.4 Å². The van der Waals surface area contributed by atoms with Gasteiger partial charge in [0.1, 0.15) is 6.04 Å². The molecule has 1 aliphatic heterocycles. The standard InChI is InChI=1S/C12H12N2O4S/c13-8-9-3-5-10(6-4-9)19(17,18)14-7-1-2-11(14)12(15)16/h3-6,11H,1-2,7H2,(H,15,16). The first-order chi connectivity index (χ1) is 8.96. The molecule has 1 aliphatic rings. The highest BCUT2D eigenvalue weighted by Crippen LogP contribution is 2.26. The zero-order valence-electron chi connectivity index (χ0n) is 9.98. The lowest BCUT2D eigenvalue weighted by Gasteiger charge is -2.20. The van der Waals surface area contributed by atoms with E-state index in [-0.39, 0.29) is 11.4 Å². The first-order valence-electron chi connectivity index (χ1n) is 5.71. The third-order valence-corrected chi connectivity index (χ3v) is 5.00. The van der Waals surface area contributed by atoms with Gasteiger partial charge in [-0.15, -0.1) is 0 Å². The lowest BCUT2D eigenvalue weighted by molar-refractivity contribution is -0.140. The Labute approximate surface area is 110 Å². The van der Waals surface area contributed by atoms with Crippen molar-refractivity contribution in [2.75, 3.05) is 6.54 Å². The first kappa shape index (κ1) is 13.5. The van der Waals surface area contributed by atoms with Gasteiger partial charge in [-0.3, -0.25) is 4.79 Å². The molecule has 1 fully saturated rings. The molecule has 6 nitrogen and oxygen atoms in total. The lowest BCUT2D eigenvalue weighted by Crippen LogP contribution is -2.40. The normalized spacial score (nSPS) is 20.1. The van der Waals surface area contributed by atoms with Gasteiger partial charge < -0.3 is 5.11 Å². The largest absolute Gasteiger partial charge is 0.480 e. The van der Waals surface area contributed by atoms with Gasteiger partial charge in [-0.25, -0.2) is 8.42 Å². The molecule has 7 heteroatoms. The molecule has 0 radical (unpaired) electrons. The molecule has 1 aromatic carbocycles. The van der Waals surface area contributed by atoms with Crippen molar-refractivity contribution in [3.63, 3.8) is 0 Å². The Bertz CT molecular complexity index is 631. The fraction of sp³-hybridized carbons (Fsp3) is 0.333. The number of rotatable bonds is 3. The van der Waals surface area contributed by atoms with Crippen LogP contribution in [0.5, 0.6) is 0 Å². The summed E-state index contributed by atoms with van der Waals surface area (Å²) in [5.74, 6) is -1.13. The summed E-state index contributed by atoms with van der Waals surface area (Å²) in [4.78, 5) is 11.1. The Hall–Kier alpha value is -1.91. The summed E-state index contributed by atoms with van der Waals surface area (Å²) >= 11 is 0. The van der Waals surface area contributed by atoms with E-state index in [2.05, 4.69) is 0 Å². The Kier molecular flexibility index (Phi) is 3.55. The van der Waals surface area contributed by atoms with Gasteiger partial charge in [0.05, 0.1) is 16.5 Å². The predicted molar refractivity (Wildman–Crippen MR) is 65.7 cm³/mol. The molecule has 0 bridgehead atoms. The van der Waals surface area contributed by atoms with Crippen LogP contribution in [0.15, 0.2) is 29.2 Å². The van der Waals surface area contributed by atoms with Crippen LogP contribution in [0.3, 0.4) is 0 Å². The highest BCUT2D eigenvalue weighted by Gasteiger charge is 2.39. The van der Waals surface area contributed by atoms with Crippen molar-refractivity contribution in [3.8, 4) is 6.07 Å². The molecule has 1 N–H and O–H groups in total. The van der Waals surface area contributed by atoms with Crippen molar-refractivity contribution >= 4 is 16.0 Å². The second-order valence-corrected chi connectivity index (χ2v) is 6.14. The fourth-order valence-corrected chi connectivity index (χ4v) is 3.76. The molecule has 0 spiro atoms. The molecule has 1 unspecified atom stereocenters. The summed E-state index contributed by atoms with van der Waals surface area (Å²) in [7, 11) is -3.81. The summed E-state index contributed by atoms with van der Waals surface area (Å²) in [5.41, 5.74) is 0.357. The van der Waals surface area contributed by atoms with Gasteiger partial charge in [-0.1, -0.05) is 0 Å². The average molecular weight is 280 g/mol. The molecule has 1 saturated heterocycles. The van der Waals surface area contributed by atoms with Gasteiger partial charge in [0.25, 0.3) is 0 Å². The van der Waals surface area contributed by atoms with E-state index in [0.717, 1.165) is 4.31 Å². The van der Waals surface area contributed by atoms with E-state index < -0.39 is 22.0 Å². The smallest absolute Gasteiger partial charge is 0.322 e. The molecular weight excluding hydrogens is 268 g/mol. The minimum absolute atomic E-state index is 0.0136. The van der Waals surface area contributed by atoms with Crippen molar-refractivity contribution in [3.05, 3.63) is 29.8 Å². The van der Waals surface area contributed by atoms with Crippen LogP contribution in [0.4, 0.5) is 0 Å². The summed E-state index contributed by atoms with van der Waals surface area (Å²) in [6, 6.07) is 6.35. The van der Waals surface area contributed by atoms with E-state index in [1.54, 1.807) is 0 Å². The minimum atomic E-state index is -3.81. The molecule has 100 valence electrons. The predicted octanol–water partition coefficient (Wildman–Crippen LogP) is 0.796. The van der Waals surface area contributed by atoms with Crippen LogP contribution in [0.2, 0.25) is 0 Å². The van der Waals surface area contributed by atoms with Gasteiger partial charge >= 0.3 is 5.97 Å². The second-order valence-electron chi connectivity index (χ2n) is 4.25. The molecule has 1 heterocycles. The number of benzene rings is 1. The third kappa shape index (κ3) is 2.45. The fourth-order valence-electron chi connectivity index (χ4n) is 2.11. The van der Waals surface area contributed by atoms with Gasteiger partial charge in [-0.2, -0.15) is 9.57 Å². The molecular formula is C12H12N2O4S. The van der Waals surface area contributed by atoms with Crippen LogP contribution in [-0.4, -0.2) is 36.4 Å². The number of carbonyl (C=O) groups is 1. The summed E-state index contributed by atoms with van der Waals surface area (Å²) in [6.07, 6.45) is 0.858. The number of carboxylic acids is 1. The molecule has 0 aliphatic carbocycles. The van der Waals surface area contributed by atoms with Gasteiger partial charge in [0, 0.05) is 6.54 Å². The van der Waals surface area contributed by atoms with Crippen LogP contribution in [0, 0.1) is 11.3 Å². The maximum absolute atomic E-state index is 12.3. The zero-order valence-corrected chi connectivity index (χ0v) is 10.8. The summed E-state index contributed by atoms with van der Waals surface area (Å²) < 4.78 is 25.7. The lowest BCUT2D eigenvalue weighted by atomic mass is 10.2. The summed E-state index contributed by atoms with van der Waals surface area (Å²) in [5, 5.41) is 17.7. The van der Waals surface area contributed by atoms with Crippen molar-refractivity contribution in [1.29, 1.82) is 5.26 Å². The molecule has 1 aromatic rings. The van der Waals surface area contributed by atoms with Crippen molar-refractivity contribution < 1.29 is 18.3 Å². The maximum atomic E-state index is 12.3. The SMILES string of the molecule is N#Cc1ccc(S(=O)(=O)N2CCCC2C(=O)O)cc1. The number of hydrogen-bond acceptors (Lipinski definition) is 4. The van der Waals surface area contributed by atoms with Gasteiger partial charge in [0.15, 0.2) is 0 Å². The third-order valence-electron chi connectivity index (χ3n) is 3.08. The zero-order chi connectivity index (χ0) is 14.0. The molecule has 2 rings (SSSR count). The highest BCUT2D eigenvalue weighted by atomic mass is 32.2. The molecule has 0 amide bonds. The highest BCUT2D eigenvalue weighted by molar-refractivity contribution is 7.89. The number of aliphatic carboxylic acids is 1. The van der Waals surface area contributed by atoms with E-state index in [4.69, 9.17) is 10.4 Å².